The highest BCUT2D eigenvalue weighted by molar-refractivity contribution is 6.01. The molecule has 3 aromatic rings. The monoisotopic (exact) mass is 890 g/mol. The highest BCUT2D eigenvalue weighted by atomic mass is 16.5. The molecule has 6 amide bonds. The molecule has 0 radical (unpaired) electrons. The minimum Gasteiger partial charge on any atom is -0.453 e. The van der Waals surface area contributed by atoms with Crippen LogP contribution in [0.1, 0.15) is 115 Å². The van der Waals surface area contributed by atoms with Crippen LogP contribution in [0.2, 0.25) is 0 Å². The van der Waals surface area contributed by atoms with Crippen LogP contribution in [0.25, 0.3) is 11.1 Å². The molecular formula is C51H66N6O8. The molecule has 3 aromatic carbocycles. The number of carbonyl (C=O) groups is 6. The average Bonchev–Trinajstić information content (AvgIpc) is 4.08. The Bertz CT molecular complexity index is 2250. The van der Waals surface area contributed by atoms with E-state index in [-0.39, 0.29) is 46.8 Å². The number of anilines is 2. The van der Waals surface area contributed by atoms with Crippen molar-refractivity contribution in [2.24, 2.45) is 11.8 Å². The van der Waals surface area contributed by atoms with Crippen molar-refractivity contribution in [2.75, 3.05) is 37.9 Å². The van der Waals surface area contributed by atoms with E-state index in [1.807, 2.05) is 64.1 Å². The van der Waals surface area contributed by atoms with E-state index in [1.54, 1.807) is 9.80 Å². The number of hydrogen-bond donors (Lipinski definition) is 4. The predicted octanol–water partition coefficient (Wildman–Crippen LogP) is 8.09. The first-order valence-corrected chi connectivity index (χ1v) is 22.9. The molecule has 14 heteroatoms. The van der Waals surface area contributed by atoms with Gasteiger partial charge in [0.05, 0.1) is 14.2 Å². The van der Waals surface area contributed by atoms with E-state index in [0.29, 0.717) is 50.1 Å². The largest absolute Gasteiger partial charge is 0.453 e. The molecule has 2 fully saturated rings. The van der Waals surface area contributed by atoms with Crippen molar-refractivity contribution >= 4 is 58.3 Å². The van der Waals surface area contributed by atoms with Gasteiger partial charge in [0.1, 0.15) is 24.2 Å². The lowest BCUT2D eigenvalue weighted by Gasteiger charge is -2.30. The van der Waals surface area contributed by atoms with Gasteiger partial charge in [0.25, 0.3) is 0 Å². The molecule has 14 nitrogen and oxygen atoms in total. The number of carbonyl (C=O) groups excluding carboxylic acids is 6. The van der Waals surface area contributed by atoms with Gasteiger partial charge >= 0.3 is 12.2 Å². The van der Waals surface area contributed by atoms with Gasteiger partial charge in [-0.3, -0.25) is 19.2 Å². The molecular weight excluding hydrogens is 825 g/mol. The number of ether oxygens (including phenoxy) is 2. The summed E-state index contributed by atoms with van der Waals surface area (Å²) in [5.74, 6) is -1.48. The smallest absolute Gasteiger partial charge is 0.407 e. The third kappa shape index (κ3) is 11.2. The van der Waals surface area contributed by atoms with Gasteiger partial charge in [0.15, 0.2) is 0 Å². The Morgan fingerprint density at radius 1 is 0.600 bits per heavy atom. The number of methoxy groups -OCH3 is 2. The van der Waals surface area contributed by atoms with E-state index in [4.69, 9.17) is 9.47 Å². The van der Waals surface area contributed by atoms with Gasteiger partial charge < -0.3 is 40.5 Å². The Hall–Kier alpha value is -6.18. The lowest BCUT2D eigenvalue weighted by Crippen LogP contribution is -2.54. The van der Waals surface area contributed by atoms with Crippen molar-refractivity contribution in [3.8, 4) is 0 Å². The van der Waals surface area contributed by atoms with E-state index < -0.39 is 36.4 Å². The molecule has 0 aromatic heterocycles. The fourth-order valence-corrected chi connectivity index (χ4v) is 9.30. The summed E-state index contributed by atoms with van der Waals surface area (Å²) in [5.41, 5.74) is 8.21. The second-order valence-electron chi connectivity index (χ2n) is 19.1. The number of amides is 6. The molecule has 2 saturated heterocycles. The van der Waals surface area contributed by atoms with Crippen LogP contribution in [-0.2, 0) is 34.1 Å². The number of benzene rings is 3. The summed E-state index contributed by atoms with van der Waals surface area (Å²) in [6, 6.07) is 21.7. The summed E-state index contributed by atoms with van der Waals surface area (Å²) in [7, 11) is 2.50. The molecule has 0 spiro atoms. The van der Waals surface area contributed by atoms with Gasteiger partial charge in [-0.25, -0.2) is 9.59 Å². The molecule has 348 valence electrons. The average molecular weight is 891 g/mol. The maximum atomic E-state index is 13.7. The minimum absolute atomic E-state index is 0.0108. The van der Waals surface area contributed by atoms with Crippen molar-refractivity contribution in [3.05, 3.63) is 95.1 Å². The second kappa shape index (κ2) is 20.8. The Morgan fingerprint density at radius 3 is 1.45 bits per heavy atom. The van der Waals surface area contributed by atoms with Crippen LogP contribution < -0.4 is 21.3 Å². The third-order valence-electron chi connectivity index (χ3n) is 13.0. The van der Waals surface area contributed by atoms with Crippen LogP contribution >= 0.6 is 0 Å². The summed E-state index contributed by atoms with van der Waals surface area (Å²) < 4.78 is 9.49. The lowest BCUT2D eigenvalue weighted by molar-refractivity contribution is -0.139. The molecule has 0 saturated carbocycles. The van der Waals surface area contributed by atoms with Crippen LogP contribution in [0.3, 0.4) is 0 Å². The first-order valence-electron chi connectivity index (χ1n) is 22.9. The number of nitrogens with zero attached hydrogens (tertiary/aromatic N) is 2. The molecule has 1 unspecified atom stereocenters. The van der Waals surface area contributed by atoms with Gasteiger partial charge in [-0.2, -0.15) is 0 Å². The standard InChI is InChI=1S/C51H66N6O8/c1-30(2)43(54-49(62)64-8)47(60)56-28-10-12-40(56)45(58)52-36-22-16-32(17-23-36)38-26-27-39(42(38)34-14-20-35(21-15-34)51(5,6)7)33-18-24-37(25-19-33)53-46(59)41-13-11-29-57(41)48(61)44(31(3)4)55-50(63)65-9/h14-25,30-31,38,40-41,43-44H,10-13,26-29H2,1-9H3,(H,52,58)(H,53,59)(H,54,62)(H,55,63)/t38?,40-,41-,43-,44-/m0/s1. The zero-order valence-electron chi connectivity index (χ0n) is 39.3. The summed E-state index contributed by atoms with van der Waals surface area (Å²) in [4.78, 5) is 81.7. The van der Waals surface area contributed by atoms with E-state index >= 15 is 0 Å². The molecule has 2 heterocycles. The zero-order valence-corrected chi connectivity index (χ0v) is 39.3. The quantitative estimate of drug-likeness (QED) is 0.133. The maximum Gasteiger partial charge on any atom is 0.407 e. The summed E-state index contributed by atoms with van der Waals surface area (Å²) in [5, 5.41) is 11.3. The predicted molar refractivity (Wildman–Crippen MR) is 252 cm³/mol. The normalized spacial score (nSPS) is 19.5. The Kier molecular flexibility index (Phi) is 15.4. The van der Waals surface area contributed by atoms with Crippen molar-refractivity contribution in [2.45, 2.75) is 122 Å². The Morgan fingerprint density at radius 2 is 1.03 bits per heavy atom. The van der Waals surface area contributed by atoms with Crippen LogP contribution in [0.15, 0.2) is 72.8 Å². The highest BCUT2D eigenvalue weighted by Gasteiger charge is 2.40. The van der Waals surface area contributed by atoms with E-state index in [9.17, 15) is 28.8 Å². The molecule has 3 aliphatic rings. The summed E-state index contributed by atoms with van der Waals surface area (Å²) in [6.45, 7) is 14.8. The molecule has 6 rings (SSSR count). The van der Waals surface area contributed by atoms with Crippen LogP contribution in [-0.4, -0.2) is 97.1 Å². The molecule has 65 heavy (non-hydrogen) atoms. The van der Waals surface area contributed by atoms with Gasteiger partial charge in [-0.1, -0.05) is 97.0 Å². The van der Waals surface area contributed by atoms with Gasteiger partial charge in [0.2, 0.25) is 23.6 Å². The van der Waals surface area contributed by atoms with Crippen LogP contribution in [0.5, 0.6) is 0 Å². The molecule has 1 aliphatic carbocycles. The first kappa shape index (κ1) is 48.3. The summed E-state index contributed by atoms with van der Waals surface area (Å²) >= 11 is 0. The van der Waals surface area contributed by atoms with Crippen molar-refractivity contribution in [3.63, 3.8) is 0 Å². The lowest BCUT2D eigenvalue weighted by atomic mass is 9.83. The number of hydrogen-bond acceptors (Lipinski definition) is 8. The maximum absolute atomic E-state index is 13.7. The number of alkyl carbamates (subject to hydrolysis) is 2. The van der Waals surface area contributed by atoms with Gasteiger partial charge in [0, 0.05) is 30.4 Å². The van der Waals surface area contributed by atoms with Crippen LogP contribution in [0.4, 0.5) is 21.0 Å². The van der Waals surface area contributed by atoms with Crippen LogP contribution in [0, 0.1) is 11.8 Å². The Balaban J connectivity index is 1.20. The van der Waals surface area contributed by atoms with E-state index in [1.165, 1.54) is 30.9 Å². The van der Waals surface area contributed by atoms with Gasteiger partial charge in [-0.15, -0.1) is 0 Å². The van der Waals surface area contributed by atoms with Crippen molar-refractivity contribution < 1.29 is 38.2 Å². The topological polar surface area (TPSA) is 175 Å². The van der Waals surface area contributed by atoms with E-state index in [0.717, 1.165) is 29.5 Å². The first-order chi connectivity index (χ1) is 30.9. The number of allylic oxidation sites excluding steroid dienone is 2. The number of nitrogens with one attached hydrogen (secondary N) is 4. The molecule has 4 N–H and O–H groups in total. The summed E-state index contributed by atoms with van der Waals surface area (Å²) in [6.07, 6.45) is 2.72. The fourth-order valence-electron chi connectivity index (χ4n) is 9.30. The van der Waals surface area contributed by atoms with E-state index in [2.05, 4.69) is 78.4 Å². The minimum atomic E-state index is -0.814. The third-order valence-corrected chi connectivity index (χ3v) is 13.0. The zero-order chi connectivity index (χ0) is 47.2. The number of rotatable bonds is 13. The Labute approximate surface area is 383 Å². The van der Waals surface area contributed by atoms with Gasteiger partial charge in [-0.05, 0) is 113 Å². The fraction of sp³-hybridized carbons (Fsp3) is 0.490. The SMILES string of the molecule is COC(=O)N[C@H](C(=O)N1CCC[C@H]1C(=O)Nc1ccc(C2=C(c3ccc(C(C)(C)C)cc3)C(c3ccc(NC(=O)[C@@H]4CCCN4C(=O)[C@@H](NC(=O)OC)C(C)C)cc3)CC2)cc1)C(C)C. The number of likely N-dealkylation sites (tertiary alicyclic amines) is 2. The molecule has 5 atom stereocenters. The molecule has 0 bridgehead atoms. The molecule has 2 aliphatic heterocycles. The van der Waals surface area contributed by atoms with Crippen molar-refractivity contribution in [1.29, 1.82) is 0 Å². The second-order valence-corrected chi connectivity index (χ2v) is 19.1. The van der Waals surface area contributed by atoms with Crippen molar-refractivity contribution in [1.82, 2.24) is 20.4 Å². The highest BCUT2D eigenvalue weighted by Crippen LogP contribution is 2.49.